The molecule has 1 amide bonds. The van der Waals surface area contributed by atoms with Crippen molar-refractivity contribution in [2.75, 3.05) is 6.54 Å². The summed E-state index contributed by atoms with van der Waals surface area (Å²) in [7, 11) is 0. The molecule has 0 aliphatic rings. The molecule has 1 heterocycles. The molecule has 110 valence electrons. The summed E-state index contributed by atoms with van der Waals surface area (Å²) in [5, 5.41) is 13.3. The number of aryl methyl sites for hydroxylation is 1. The Balaban J connectivity index is 1.86. The Morgan fingerprint density at radius 2 is 2.29 bits per heavy atom. The van der Waals surface area contributed by atoms with E-state index in [2.05, 4.69) is 10.3 Å². The van der Waals surface area contributed by atoms with Gasteiger partial charge in [-0.25, -0.2) is 9.37 Å². The predicted octanol–water partition coefficient (Wildman–Crippen LogP) is 2.45. The molecule has 0 bridgehead atoms. The van der Waals surface area contributed by atoms with E-state index in [1.807, 2.05) is 6.92 Å². The second kappa shape index (κ2) is 7.10. The number of nitrogens with one attached hydrogen (secondary N) is 1. The summed E-state index contributed by atoms with van der Waals surface area (Å²) in [6.45, 7) is 1.83. The number of benzene rings is 1. The molecule has 6 heteroatoms. The van der Waals surface area contributed by atoms with Crippen molar-refractivity contribution in [3.05, 3.63) is 57.8 Å². The van der Waals surface area contributed by atoms with Gasteiger partial charge in [-0.3, -0.25) is 4.79 Å². The SMILES string of the molecule is Cc1ncc(/C=C/C(=O)NCC(O)c2ccccc2F)s1. The second-order valence-electron chi connectivity index (χ2n) is 4.40. The zero-order chi connectivity index (χ0) is 15.2. The molecule has 2 aromatic rings. The van der Waals surface area contributed by atoms with Crippen molar-refractivity contribution in [1.82, 2.24) is 10.3 Å². The lowest BCUT2D eigenvalue weighted by molar-refractivity contribution is -0.116. The van der Waals surface area contributed by atoms with Gasteiger partial charge in [0.25, 0.3) is 0 Å². The van der Waals surface area contributed by atoms with Crippen molar-refractivity contribution >= 4 is 23.3 Å². The molecule has 0 spiro atoms. The van der Waals surface area contributed by atoms with Gasteiger partial charge in [0.2, 0.25) is 5.91 Å². The molecule has 2 rings (SSSR count). The van der Waals surface area contributed by atoms with Gasteiger partial charge in [-0.1, -0.05) is 18.2 Å². The first-order valence-electron chi connectivity index (χ1n) is 6.37. The fraction of sp³-hybridized carbons (Fsp3) is 0.200. The van der Waals surface area contributed by atoms with E-state index in [0.29, 0.717) is 0 Å². The minimum absolute atomic E-state index is 0.0498. The number of rotatable bonds is 5. The standard InChI is InChI=1S/C15H15FN2O2S/c1-10-17-8-11(21-10)6-7-15(20)18-9-14(19)12-4-2-3-5-13(12)16/h2-8,14,19H,9H2,1H3,(H,18,20)/b7-6+. The lowest BCUT2D eigenvalue weighted by Crippen LogP contribution is -2.27. The lowest BCUT2D eigenvalue weighted by Gasteiger charge is -2.11. The van der Waals surface area contributed by atoms with E-state index >= 15 is 0 Å². The average Bonchev–Trinajstić information content (AvgIpc) is 2.89. The maximum atomic E-state index is 13.4. The predicted molar refractivity (Wildman–Crippen MR) is 80.3 cm³/mol. The average molecular weight is 306 g/mol. The van der Waals surface area contributed by atoms with Crippen molar-refractivity contribution in [1.29, 1.82) is 0 Å². The van der Waals surface area contributed by atoms with E-state index in [1.165, 1.54) is 29.5 Å². The second-order valence-corrected chi connectivity index (χ2v) is 5.66. The number of amides is 1. The number of carbonyl (C=O) groups excluding carboxylic acids is 1. The highest BCUT2D eigenvalue weighted by atomic mass is 32.1. The van der Waals surface area contributed by atoms with Crippen LogP contribution in [0.1, 0.15) is 21.6 Å². The van der Waals surface area contributed by atoms with E-state index in [9.17, 15) is 14.3 Å². The highest BCUT2D eigenvalue weighted by molar-refractivity contribution is 7.12. The van der Waals surface area contributed by atoms with E-state index < -0.39 is 11.9 Å². The molecule has 21 heavy (non-hydrogen) atoms. The van der Waals surface area contributed by atoms with E-state index in [-0.39, 0.29) is 18.0 Å². The van der Waals surface area contributed by atoms with Gasteiger partial charge in [-0.2, -0.15) is 0 Å². The molecular weight excluding hydrogens is 291 g/mol. The highest BCUT2D eigenvalue weighted by Gasteiger charge is 2.12. The Bertz CT molecular complexity index is 655. The third-order valence-corrected chi connectivity index (χ3v) is 3.65. The number of nitrogens with zero attached hydrogens (tertiary/aromatic N) is 1. The fourth-order valence-electron chi connectivity index (χ4n) is 1.72. The molecule has 1 unspecified atom stereocenters. The van der Waals surface area contributed by atoms with Gasteiger partial charge in [0.1, 0.15) is 5.82 Å². The van der Waals surface area contributed by atoms with Gasteiger partial charge in [0, 0.05) is 29.3 Å². The van der Waals surface area contributed by atoms with Crippen LogP contribution in [-0.2, 0) is 4.79 Å². The summed E-state index contributed by atoms with van der Waals surface area (Å²) in [4.78, 5) is 16.6. The zero-order valence-corrected chi connectivity index (χ0v) is 12.2. The van der Waals surface area contributed by atoms with E-state index in [1.54, 1.807) is 24.4 Å². The van der Waals surface area contributed by atoms with Gasteiger partial charge in [0.05, 0.1) is 11.1 Å². The van der Waals surface area contributed by atoms with Gasteiger partial charge in [-0.05, 0) is 19.1 Å². The van der Waals surface area contributed by atoms with Crippen LogP contribution in [0.3, 0.4) is 0 Å². The topological polar surface area (TPSA) is 62.2 Å². The molecule has 0 saturated heterocycles. The minimum atomic E-state index is -1.07. The van der Waals surface area contributed by atoms with Crippen LogP contribution in [0.15, 0.2) is 36.5 Å². The van der Waals surface area contributed by atoms with Crippen LogP contribution in [-0.4, -0.2) is 22.5 Å². The molecule has 0 saturated carbocycles. The highest BCUT2D eigenvalue weighted by Crippen LogP contribution is 2.16. The number of aliphatic hydroxyl groups excluding tert-OH is 1. The molecule has 0 radical (unpaired) electrons. The van der Waals surface area contributed by atoms with Crippen molar-refractivity contribution in [3.8, 4) is 0 Å². The molecule has 1 atom stereocenters. The number of halogens is 1. The molecule has 0 aliphatic heterocycles. The minimum Gasteiger partial charge on any atom is -0.386 e. The first-order valence-corrected chi connectivity index (χ1v) is 7.19. The molecular formula is C15H15FN2O2S. The largest absolute Gasteiger partial charge is 0.386 e. The van der Waals surface area contributed by atoms with Crippen LogP contribution in [0.2, 0.25) is 0 Å². The Hall–Kier alpha value is -2.05. The Morgan fingerprint density at radius 3 is 2.95 bits per heavy atom. The van der Waals surface area contributed by atoms with Gasteiger partial charge < -0.3 is 10.4 Å². The third-order valence-electron chi connectivity index (χ3n) is 2.77. The third kappa shape index (κ3) is 4.47. The van der Waals surface area contributed by atoms with Gasteiger partial charge >= 0.3 is 0 Å². The molecule has 2 N–H and O–H groups in total. The summed E-state index contributed by atoms with van der Waals surface area (Å²) in [5.41, 5.74) is 0.167. The molecule has 0 aliphatic carbocycles. The summed E-state index contributed by atoms with van der Waals surface area (Å²) in [5.74, 6) is -0.841. The van der Waals surface area contributed by atoms with Crippen molar-refractivity contribution < 1.29 is 14.3 Å². The van der Waals surface area contributed by atoms with Crippen LogP contribution >= 0.6 is 11.3 Å². The maximum Gasteiger partial charge on any atom is 0.244 e. The van der Waals surface area contributed by atoms with Crippen molar-refractivity contribution in [3.63, 3.8) is 0 Å². The van der Waals surface area contributed by atoms with Crippen LogP contribution in [0.4, 0.5) is 4.39 Å². The summed E-state index contributed by atoms with van der Waals surface area (Å²) in [6.07, 6.45) is 3.61. The number of aromatic nitrogens is 1. The van der Waals surface area contributed by atoms with Crippen LogP contribution in [0.25, 0.3) is 6.08 Å². The molecule has 1 aromatic heterocycles. The molecule has 1 aromatic carbocycles. The first kappa shape index (κ1) is 15.3. The van der Waals surface area contributed by atoms with Crippen LogP contribution in [0, 0.1) is 12.7 Å². The quantitative estimate of drug-likeness (QED) is 0.834. The van der Waals surface area contributed by atoms with Crippen molar-refractivity contribution in [2.45, 2.75) is 13.0 Å². The number of carbonyl (C=O) groups is 1. The Morgan fingerprint density at radius 1 is 1.52 bits per heavy atom. The van der Waals surface area contributed by atoms with Crippen LogP contribution < -0.4 is 5.32 Å². The number of hydrogen-bond donors (Lipinski definition) is 2. The normalized spacial score (nSPS) is 12.5. The van der Waals surface area contributed by atoms with Crippen molar-refractivity contribution in [2.24, 2.45) is 0 Å². The summed E-state index contributed by atoms with van der Waals surface area (Å²) < 4.78 is 13.4. The Labute approximate surface area is 126 Å². The van der Waals surface area contributed by atoms with Crippen LogP contribution in [0.5, 0.6) is 0 Å². The first-order chi connectivity index (χ1) is 10.1. The lowest BCUT2D eigenvalue weighted by atomic mass is 10.1. The molecule has 0 fully saturated rings. The number of hydrogen-bond acceptors (Lipinski definition) is 4. The van der Waals surface area contributed by atoms with Gasteiger partial charge in [0.15, 0.2) is 0 Å². The van der Waals surface area contributed by atoms with E-state index in [0.717, 1.165) is 9.88 Å². The summed E-state index contributed by atoms with van der Waals surface area (Å²) in [6, 6.07) is 5.94. The monoisotopic (exact) mass is 306 g/mol. The van der Waals surface area contributed by atoms with E-state index in [4.69, 9.17) is 0 Å². The number of thiazole rings is 1. The zero-order valence-electron chi connectivity index (χ0n) is 11.4. The van der Waals surface area contributed by atoms with Gasteiger partial charge in [-0.15, -0.1) is 11.3 Å². The summed E-state index contributed by atoms with van der Waals surface area (Å²) >= 11 is 1.48. The fourth-order valence-corrected chi connectivity index (χ4v) is 2.41. The number of aliphatic hydroxyl groups is 1. The maximum absolute atomic E-state index is 13.4. The smallest absolute Gasteiger partial charge is 0.244 e. The Kier molecular flexibility index (Phi) is 5.19. The molecule has 4 nitrogen and oxygen atoms in total.